The number of benzene rings is 2. The second kappa shape index (κ2) is 12.8. The van der Waals surface area contributed by atoms with E-state index in [1.54, 1.807) is 11.8 Å². The van der Waals surface area contributed by atoms with E-state index in [1.165, 1.54) is 4.90 Å². The second-order valence-corrected chi connectivity index (χ2v) is 9.10. The third-order valence-corrected chi connectivity index (χ3v) is 6.05. The number of amides is 3. The summed E-state index contributed by atoms with van der Waals surface area (Å²) >= 11 is 0. The van der Waals surface area contributed by atoms with Gasteiger partial charge in [0.15, 0.2) is 0 Å². The van der Waals surface area contributed by atoms with Crippen LogP contribution in [0.4, 0.5) is 4.79 Å². The van der Waals surface area contributed by atoms with Gasteiger partial charge in [0.25, 0.3) is 0 Å². The number of nitrogens with zero attached hydrogens (tertiary/aromatic N) is 2. The molecular formula is C28H36N4O4. The van der Waals surface area contributed by atoms with Crippen LogP contribution in [0.3, 0.4) is 0 Å². The van der Waals surface area contributed by atoms with E-state index < -0.39 is 12.0 Å². The summed E-state index contributed by atoms with van der Waals surface area (Å²) in [5, 5.41) is 3.70. The number of carbonyl (C=O) groups is 3. The van der Waals surface area contributed by atoms with Crippen molar-refractivity contribution in [1.82, 2.24) is 20.1 Å². The highest BCUT2D eigenvalue weighted by Crippen LogP contribution is 2.19. The van der Waals surface area contributed by atoms with Gasteiger partial charge in [0.2, 0.25) is 5.91 Å². The van der Waals surface area contributed by atoms with E-state index in [0.717, 1.165) is 27.6 Å². The lowest BCUT2D eigenvalue weighted by molar-refractivity contribution is -0.141. The summed E-state index contributed by atoms with van der Waals surface area (Å²) in [6.07, 6.45) is 2.67. The smallest absolute Gasteiger partial charge is 0.325 e. The first-order valence-electron chi connectivity index (χ1n) is 12.4. The highest BCUT2D eigenvalue weighted by atomic mass is 16.5. The van der Waals surface area contributed by atoms with Crippen molar-refractivity contribution >= 4 is 28.8 Å². The summed E-state index contributed by atoms with van der Waals surface area (Å²) in [6.45, 7) is 8.27. The first-order chi connectivity index (χ1) is 17.3. The predicted molar refractivity (Wildman–Crippen MR) is 140 cm³/mol. The number of H-pyrrole nitrogens is 1. The number of hydrogen-bond donors (Lipinski definition) is 2. The number of fused-ring (bicyclic) bond motifs is 1. The minimum Gasteiger partial charge on any atom is -0.465 e. The molecule has 0 saturated heterocycles. The lowest BCUT2D eigenvalue weighted by Gasteiger charge is -2.30. The molecule has 0 unspecified atom stereocenters. The molecule has 1 heterocycles. The van der Waals surface area contributed by atoms with E-state index in [0.29, 0.717) is 19.5 Å². The molecule has 0 aliphatic heterocycles. The van der Waals surface area contributed by atoms with Crippen molar-refractivity contribution < 1.29 is 19.1 Å². The minimum absolute atomic E-state index is 0.0912. The van der Waals surface area contributed by atoms with Crippen molar-refractivity contribution in [2.24, 2.45) is 0 Å². The summed E-state index contributed by atoms with van der Waals surface area (Å²) in [7, 11) is 0. The molecule has 2 N–H and O–H groups in total. The van der Waals surface area contributed by atoms with Gasteiger partial charge >= 0.3 is 12.0 Å². The predicted octanol–water partition coefficient (Wildman–Crippen LogP) is 4.03. The number of carbonyl (C=O) groups excluding carboxylic acids is 3. The van der Waals surface area contributed by atoms with Crippen LogP contribution in [0, 0.1) is 6.92 Å². The molecule has 1 aromatic heterocycles. The maximum absolute atomic E-state index is 13.5. The lowest BCUT2D eigenvalue weighted by Crippen LogP contribution is -2.50. The van der Waals surface area contributed by atoms with E-state index in [4.69, 9.17) is 4.74 Å². The van der Waals surface area contributed by atoms with Crippen molar-refractivity contribution in [2.75, 3.05) is 26.2 Å². The molecule has 0 atom stereocenters. The number of urea groups is 1. The van der Waals surface area contributed by atoms with Gasteiger partial charge in [0.1, 0.15) is 13.1 Å². The standard InChI is InChI=1S/C28H36N4O4/c1-5-36-27(34)17-30-28(35)32(20(2)3)19-26(33)31(18-22-12-10-21(4)11-13-22)15-14-23-16-29-25-9-7-6-8-24(23)25/h6-13,16,20,29H,5,14-15,17-19H2,1-4H3,(H,30,35). The van der Waals surface area contributed by atoms with Crippen molar-refractivity contribution in [2.45, 2.75) is 46.7 Å². The van der Waals surface area contributed by atoms with Crippen LogP contribution in [-0.4, -0.2) is 65.0 Å². The first-order valence-corrected chi connectivity index (χ1v) is 12.4. The van der Waals surface area contributed by atoms with E-state index >= 15 is 0 Å². The highest BCUT2D eigenvalue weighted by molar-refractivity contribution is 5.86. The topological polar surface area (TPSA) is 94.7 Å². The Morgan fingerprint density at radius 2 is 1.78 bits per heavy atom. The van der Waals surface area contributed by atoms with Crippen molar-refractivity contribution in [3.05, 3.63) is 71.4 Å². The Labute approximate surface area is 212 Å². The molecule has 0 fully saturated rings. The van der Waals surface area contributed by atoms with Gasteiger partial charge in [0, 0.05) is 36.2 Å². The zero-order valence-electron chi connectivity index (χ0n) is 21.5. The Balaban J connectivity index is 1.73. The largest absolute Gasteiger partial charge is 0.465 e. The highest BCUT2D eigenvalue weighted by Gasteiger charge is 2.24. The Bertz CT molecular complexity index is 1170. The molecule has 36 heavy (non-hydrogen) atoms. The van der Waals surface area contributed by atoms with Gasteiger partial charge in [-0.3, -0.25) is 9.59 Å². The number of hydrogen-bond acceptors (Lipinski definition) is 4. The summed E-state index contributed by atoms with van der Waals surface area (Å²) in [6, 6.07) is 15.5. The Morgan fingerprint density at radius 1 is 1.06 bits per heavy atom. The number of aryl methyl sites for hydroxylation is 1. The lowest BCUT2D eigenvalue weighted by atomic mass is 10.1. The average Bonchev–Trinajstić information content (AvgIpc) is 3.27. The zero-order chi connectivity index (χ0) is 26.1. The fourth-order valence-electron chi connectivity index (χ4n) is 4.00. The molecule has 0 saturated carbocycles. The number of ether oxygens (including phenoxy) is 1. The van der Waals surface area contributed by atoms with Gasteiger partial charge < -0.3 is 24.8 Å². The third-order valence-electron chi connectivity index (χ3n) is 6.05. The monoisotopic (exact) mass is 492 g/mol. The molecule has 0 bridgehead atoms. The zero-order valence-corrected chi connectivity index (χ0v) is 21.5. The molecule has 0 radical (unpaired) electrons. The summed E-state index contributed by atoms with van der Waals surface area (Å²) in [5.74, 6) is -0.670. The molecule has 0 aliphatic carbocycles. The maximum Gasteiger partial charge on any atom is 0.325 e. The van der Waals surface area contributed by atoms with Gasteiger partial charge in [-0.1, -0.05) is 48.0 Å². The van der Waals surface area contributed by atoms with Gasteiger partial charge in [-0.15, -0.1) is 0 Å². The molecule has 3 rings (SSSR count). The summed E-state index contributed by atoms with van der Waals surface area (Å²) < 4.78 is 4.87. The number of para-hydroxylation sites is 1. The minimum atomic E-state index is -0.513. The number of nitrogens with one attached hydrogen (secondary N) is 2. The average molecular weight is 493 g/mol. The Kier molecular flexibility index (Phi) is 9.50. The van der Waals surface area contributed by atoms with Crippen LogP contribution in [0.15, 0.2) is 54.7 Å². The molecule has 8 nitrogen and oxygen atoms in total. The number of aromatic amines is 1. The Hall–Kier alpha value is -3.81. The van der Waals surface area contributed by atoms with Crippen LogP contribution in [0.5, 0.6) is 0 Å². The van der Waals surface area contributed by atoms with Gasteiger partial charge in [-0.25, -0.2) is 4.79 Å². The molecule has 0 spiro atoms. The number of esters is 1. The van der Waals surface area contributed by atoms with Crippen LogP contribution in [0.1, 0.15) is 37.5 Å². The molecule has 3 amide bonds. The van der Waals surface area contributed by atoms with Crippen LogP contribution >= 0.6 is 0 Å². The summed E-state index contributed by atoms with van der Waals surface area (Å²) in [4.78, 5) is 44.4. The molecule has 192 valence electrons. The Morgan fingerprint density at radius 3 is 2.47 bits per heavy atom. The maximum atomic E-state index is 13.5. The number of rotatable bonds is 11. The van der Waals surface area contributed by atoms with Crippen LogP contribution in [0.25, 0.3) is 10.9 Å². The van der Waals surface area contributed by atoms with Crippen molar-refractivity contribution in [1.29, 1.82) is 0 Å². The molecule has 0 aliphatic rings. The van der Waals surface area contributed by atoms with Crippen molar-refractivity contribution in [3.8, 4) is 0 Å². The SMILES string of the molecule is CCOC(=O)CNC(=O)N(CC(=O)N(CCc1c[nH]c2ccccc12)Cc1ccc(C)cc1)C(C)C. The molecule has 3 aromatic rings. The van der Waals surface area contributed by atoms with E-state index in [1.807, 2.05) is 69.4 Å². The van der Waals surface area contributed by atoms with Gasteiger partial charge in [0.05, 0.1) is 6.61 Å². The fraction of sp³-hybridized carbons (Fsp3) is 0.393. The second-order valence-electron chi connectivity index (χ2n) is 9.10. The van der Waals surface area contributed by atoms with Gasteiger partial charge in [-0.05, 0) is 51.3 Å². The van der Waals surface area contributed by atoms with Crippen LogP contribution < -0.4 is 5.32 Å². The molecule has 2 aromatic carbocycles. The fourth-order valence-corrected chi connectivity index (χ4v) is 4.00. The van der Waals surface area contributed by atoms with Crippen LogP contribution in [-0.2, 0) is 27.3 Å². The van der Waals surface area contributed by atoms with E-state index in [2.05, 4.69) is 16.4 Å². The van der Waals surface area contributed by atoms with E-state index in [-0.39, 0.29) is 31.6 Å². The molecule has 8 heteroatoms. The summed E-state index contributed by atoms with van der Waals surface area (Å²) in [5.41, 5.74) is 4.38. The quantitative estimate of drug-likeness (QED) is 0.395. The van der Waals surface area contributed by atoms with E-state index in [9.17, 15) is 14.4 Å². The first kappa shape index (κ1) is 26.8. The third kappa shape index (κ3) is 7.34. The number of aromatic nitrogens is 1. The van der Waals surface area contributed by atoms with Gasteiger partial charge in [-0.2, -0.15) is 0 Å². The van der Waals surface area contributed by atoms with Crippen LogP contribution in [0.2, 0.25) is 0 Å². The normalized spacial score (nSPS) is 10.9. The van der Waals surface area contributed by atoms with Crippen molar-refractivity contribution in [3.63, 3.8) is 0 Å². The molecular weight excluding hydrogens is 456 g/mol.